The fraction of sp³-hybridized carbons (Fsp3) is 1.00. The van der Waals surface area contributed by atoms with Gasteiger partial charge in [0, 0.05) is 12.6 Å². The maximum atomic E-state index is 5.78. The summed E-state index contributed by atoms with van der Waals surface area (Å²) in [6.45, 7) is 0.649. The Hall–Kier alpha value is -0.0800. The molecule has 1 rings (SSSR count). The second kappa shape index (κ2) is 4.73. The topological polar surface area (TPSA) is 52.0 Å². The first kappa shape index (κ1) is 9.01. The summed E-state index contributed by atoms with van der Waals surface area (Å²) in [5.74, 6) is 0.877. The van der Waals surface area contributed by atoms with Gasteiger partial charge in [0.1, 0.15) is 0 Å². The second-order valence-corrected chi connectivity index (χ2v) is 3.74. The Bertz CT molecular complexity index is 97.7. The van der Waals surface area contributed by atoms with Gasteiger partial charge in [0.05, 0.1) is 0 Å². The Morgan fingerprint density at radius 3 is 2.36 bits per heavy atom. The highest BCUT2D eigenvalue weighted by Gasteiger charge is 2.15. The van der Waals surface area contributed by atoms with E-state index >= 15 is 0 Å². The molecule has 1 saturated carbocycles. The molecular formula is C9H20N2. The van der Waals surface area contributed by atoms with Crippen molar-refractivity contribution in [2.45, 2.75) is 44.6 Å². The largest absolute Gasteiger partial charge is 0.329 e. The molecule has 0 spiro atoms. The van der Waals surface area contributed by atoms with E-state index in [0.717, 1.165) is 12.3 Å². The Morgan fingerprint density at radius 2 is 1.82 bits per heavy atom. The monoisotopic (exact) mass is 156 g/mol. The van der Waals surface area contributed by atoms with Gasteiger partial charge < -0.3 is 11.5 Å². The van der Waals surface area contributed by atoms with E-state index in [2.05, 4.69) is 0 Å². The fourth-order valence-corrected chi connectivity index (χ4v) is 1.95. The molecule has 0 saturated heterocycles. The molecule has 2 nitrogen and oxygen atoms in total. The van der Waals surface area contributed by atoms with Crippen molar-refractivity contribution in [3.05, 3.63) is 0 Å². The smallest absolute Gasteiger partial charge is 0.0165 e. The van der Waals surface area contributed by atoms with Crippen molar-refractivity contribution in [1.29, 1.82) is 0 Å². The Morgan fingerprint density at radius 1 is 1.18 bits per heavy atom. The third-order valence-electron chi connectivity index (χ3n) is 2.66. The van der Waals surface area contributed by atoms with Crippen LogP contribution in [-0.2, 0) is 0 Å². The minimum absolute atomic E-state index is 0.248. The van der Waals surface area contributed by atoms with Gasteiger partial charge in [-0.1, -0.05) is 32.1 Å². The summed E-state index contributed by atoms with van der Waals surface area (Å²) in [5, 5.41) is 0. The normalized spacial score (nSPS) is 23.5. The number of rotatable bonds is 3. The Kier molecular flexibility index (Phi) is 3.87. The lowest BCUT2D eigenvalue weighted by Gasteiger charge is -2.23. The average Bonchev–Trinajstić information content (AvgIpc) is 2.06. The van der Waals surface area contributed by atoms with Crippen LogP contribution in [0.1, 0.15) is 38.5 Å². The first-order valence-corrected chi connectivity index (χ1v) is 4.78. The number of hydrogen-bond acceptors (Lipinski definition) is 2. The molecule has 0 radical (unpaired) electrons. The van der Waals surface area contributed by atoms with Gasteiger partial charge in [-0.2, -0.15) is 0 Å². The third-order valence-corrected chi connectivity index (χ3v) is 2.66. The van der Waals surface area contributed by atoms with Crippen LogP contribution in [0.25, 0.3) is 0 Å². The standard InChI is InChI=1S/C9H20N2/c10-7-9(11)6-8-4-2-1-3-5-8/h8-9H,1-7,10-11H2/t9-/m0/s1. The molecule has 1 aliphatic carbocycles. The van der Waals surface area contributed by atoms with Gasteiger partial charge in [-0.15, -0.1) is 0 Å². The molecule has 1 atom stereocenters. The average molecular weight is 156 g/mol. The van der Waals surface area contributed by atoms with Crippen LogP contribution in [0.15, 0.2) is 0 Å². The molecule has 1 fully saturated rings. The predicted molar refractivity (Wildman–Crippen MR) is 48.2 cm³/mol. The highest BCUT2D eigenvalue weighted by atomic mass is 14.7. The molecule has 4 N–H and O–H groups in total. The van der Waals surface area contributed by atoms with Gasteiger partial charge in [-0.05, 0) is 12.3 Å². The number of nitrogens with two attached hydrogens (primary N) is 2. The number of hydrogen-bond donors (Lipinski definition) is 2. The zero-order chi connectivity index (χ0) is 8.10. The summed E-state index contributed by atoms with van der Waals surface area (Å²) >= 11 is 0. The summed E-state index contributed by atoms with van der Waals surface area (Å²) in [6.07, 6.45) is 8.15. The summed E-state index contributed by atoms with van der Waals surface area (Å²) in [5.41, 5.74) is 11.2. The van der Waals surface area contributed by atoms with Crippen LogP contribution in [0.2, 0.25) is 0 Å². The van der Waals surface area contributed by atoms with Crippen molar-refractivity contribution in [3.63, 3.8) is 0 Å². The van der Waals surface area contributed by atoms with Crippen molar-refractivity contribution in [3.8, 4) is 0 Å². The van der Waals surface area contributed by atoms with Crippen molar-refractivity contribution < 1.29 is 0 Å². The molecule has 0 bridgehead atoms. The van der Waals surface area contributed by atoms with Crippen molar-refractivity contribution in [1.82, 2.24) is 0 Å². The molecule has 0 aromatic carbocycles. The van der Waals surface area contributed by atoms with E-state index in [0.29, 0.717) is 6.54 Å². The highest BCUT2D eigenvalue weighted by Crippen LogP contribution is 2.26. The van der Waals surface area contributed by atoms with Gasteiger partial charge >= 0.3 is 0 Å². The van der Waals surface area contributed by atoms with E-state index in [1.807, 2.05) is 0 Å². The lowest BCUT2D eigenvalue weighted by molar-refractivity contribution is 0.319. The van der Waals surface area contributed by atoms with E-state index in [4.69, 9.17) is 11.5 Å². The van der Waals surface area contributed by atoms with Crippen LogP contribution >= 0.6 is 0 Å². The first-order chi connectivity index (χ1) is 5.33. The molecule has 66 valence electrons. The molecular weight excluding hydrogens is 136 g/mol. The van der Waals surface area contributed by atoms with Crippen LogP contribution < -0.4 is 11.5 Å². The predicted octanol–water partition coefficient (Wildman–Crippen LogP) is 1.24. The maximum Gasteiger partial charge on any atom is 0.0165 e. The van der Waals surface area contributed by atoms with Crippen LogP contribution in [0.3, 0.4) is 0 Å². The van der Waals surface area contributed by atoms with Crippen LogP contribution in [0, 0.1) is 5.92 Å². The molecule has 1 aliphatic rings. The molecule has 0 heterocycles. The van der Waals surface area contributed by atoms with Gasteiger partial charge in [0.2, 0.25) is 0 Å². The molecule has 0 unspecified atom stereocenters. The fourth-order valence-electron chi connectivity index (χ4n) is 1.95. The van der Waals surface area contributed by atoms with Crippen LogP contribution in [-0.4, -0.2) is 12.6 Å². The van der Waals surface area contributed by atoms with E-state index in [1.54, 1.807) is 0 Å². The first-order valence-electron chi connectivity index (χ1n) is 4.78. The Balaban J connectivity index is 2.13. The summed E-state index contributed by atoms with van der Waals surface area (Å²) in [4.78, 5) is 0. The molecule has 2 heteroatoms. The van der Waals surface area contributed by atoms with Crippen LogP contribution in [0.4, 0.5) is 0 Å². The molecule has 0 aromatic rings. The zero-order valence-electron chi connectivity index (χ0n) is 7.26. The lowest BCUT2D eigenvalue weighted by atomic mass is 9.85. The van der Waals surface area contributed by atoms with E-state index < -0.39 is 0 Å². The van der Waals surface area contributed by atoms with Gasteiger partial charge in [-0.3, -0.25) is 0 Å². The SMILES string of the molecule is NC[C@@H](N)CC1CCCCC1. The van der Waals surface area contributed by atoms with E-state index in [9.17, 15) is 0 Å². The molecule has 11 heavy (non-hydrogen) atoms. The van der Waals surface area contributed by atoms with Gasteiger partial charge in [0.25, 0.3) is 0 Å². The second-order valence-electron chi connectivity index (χ2n) is 3.74. The minimum Gasteiger partial charge on any atom is -0.329 e. The van der Waals surface area contributed by atoms with Gasteiger partial charge in [0.15, 0.2) is 0 Å². The minimum atomic E-state index is 0.248. The van der Waals surface area contributed by atoms with Crippen LogP contribution in [0.5, 0.6) is 0 Å². The van der Waals surface area contributed by atoms with Gasteiger partial charge in [-0.25, -0.2) is 0 Å². The molecule has 0 amide bonds. The van der Waals surface area contributed by atoms with Crippen molar-refractivity contribution in [2.75, 3.05) is 6.54 Å². The summed E-state index contributed by atoms with van der Waals surface area (Å²) in [7, 11) is 0. The lowest BCUT2D eigenvalue weighted by Crippen LogP contribution is -2.32. The van der Waals surface area contributed by atoms with E-state index in [-0.39, 0.29) is 6.04 Å². The van der Waals surface area contributed by atoms with Crippen molar-refractivity contribution in [2.24, 2.45) is 17.4 Å². The van der Waals surface area contributed by atoms with Crippen molar-refractivity contribution >= 4 is 0 Å². The van der Waals surface area contributed by atoms with E-state index in [1.165, 1.54) is 32.1 Å². The molecule has 0 aromatic heterocycles. The quantitative estimate of drug-likeness (QED) is 0.646. The highest BCUT2D eigenvalue weighted by molar-refractivity contribution is 4.72. The zero-order valence-corrected chi connectivity index (χ0v) is 7.26. The maximum absolute atomic E-state index is 5.78. The summed E-state index contributed by atoms with van der Waals surface area (Å²) in [6, 6.07) is 0.248. The Labute approximate surface area is 69.3 Å². The third kappa shape index (κ3) is 3.21. The summed E-state index contributed by atoms with van der Waals surface area (Å²) < 4.78 is 0. The molecule has 0 aliphatic heterocycles.